The second-order valence-electron chi connectivity index (χ2n) is 5.05. The van der Waals surface area contributed by atoms with Crippen LogP contribution >= 0.6 is 0 Å². The van der Waals surface area contributed by atoms with Crippen molar-refractivity contribution in [3.05, 3.63) is 0 Å². The maximum atomic E-state index is 10.2. The molecule has 0 aromatic rings. The van der Waals surface area contributed by atoms with Gasteiger partial charge in [-0.1, -0.05) is 19.3 Å². The summed E-state index contributed by atoms with van der Waals surface area (Å²) < 4.78 is 5.53. The number of rotatable bonds is 4. The summed E-state index contributed by atoms with van der Waals surface area (Å²) in [7, 11) is 0. The molecule has 0 aromatic heterocycles. The van der Waals surface area contributed by atoms with Gasteiger partial charge in [0.1, 0.15) is 0 Å². The molecule has 1 aliphatic heterocycles. The molecule has 0 aromatic carbocycles. The third-order valence-corrected chi connectivity index (χ3v) is 3.63. The molecular formula is C12H23NO2. The summed E-state index contributed by atoms with van der Waals surface area (Å²) in [6.45, 7) is 2.56. The molecule has 0 radical (unpaired) electrons. The van der Waals surface area contributed by atoms with Gasteiger partial charge in [0.05, 0.1) is 11.7 Å². The summed E-state index contributed by atoms with van der Waals surface area (Å²) in [5.41, 5.74) is -0.434. The van der Waals surface area contributed by atoms with Gasteiger partial charge >= 0.3 is 0 Å². The van der Waals surface area contributed by atoms with Gasteiger partial charge in [0.25, 0.3) is 0 Å². The average Bonchev–Trinajstić information content (AvgIpc) is 2.71. The first-order chi connectivity index (χ1) is 7.29. The van der Waals surface area contributed by atoms with Crippen LogP contribution in [0.1, 0.15) is 44.9 Å². The summed E-state index contributed by atoms with van der Waals surface area (Å²) in [5.74, 6) is 0. The fraction of sp³-hybridized carbons (Fsp3) is 1.00. The van der Waals surface area contributed by atoms with Gasteiger partial charge in [-0.25, -0.2) is 0 Å². The summed E-state index contributed by atoms with van der Waals surface area (Å²) in [4.78, 5) is 0. The van der Waals surface area contributed by atoms with Gasteiger partial charge in [-0.15, -0.1) is 0 Å². The van der Waals surface area contributed by atoms with E-state index in [2.05, 4.69) is 5.32 Å². The Morgan fingerprint density at radius 2 is 2.00 bits per heavy atom. The third kappa shape index (κ3) is 3.44. The number of ether oxygens (including phenoxy) is 1. The highest BCUT2D eigenvalue weighted by molar-refractivity contribution is 4.84. The van der Waals surface area contributed by atoms with Crippen LogP contribution in [-0.4, -0.2) is 36.5 Å². The lowest BCUT2D eigenvalue weighted by molar-refractivity contribution is 0.00180. The summed E-state index contributed by atoms with van der Waals surface area (Å²) in [6.07, 6.45) is 8.32. The van der Waals surface area contributed by atoms with Crippen molar-refractivity contribution >= 4 is 0 Å². The number of hydrogen-bond donors (Lipinski definition) is 2. The van der Waals surface area contributed by atoms with Crippen LogP contribution in [0.4, 0.5) is 0 Å². The summed E-state index contributed by atoms with van der Waals surface area (Å²) in [5, 5.41) is 13.6. The van der Waals surface area contributed by atoms with E-state index in [1.807, 2.05) is 0 Å². The molecule has 3 heteroatoms. The number of hydrogen-bond acceptors (Lipinski definition) is 3. The Morgan fingerprint density at radius 3 is 2.67 bits per heavy atom. The molecule has 1 aliphatic carbocycles. The van der Waals surface area contributed by atoms with Crippen molar-refractivity contribution in [1.29, 1.82) is 0 Å². The molecule has 3 nitrogen and oxygen atoms in total. The van der Waals surface area contributed by atoms with Crippen LogP contribution in [0.15, 0.2) is 0 Å². The minimum absolute atomic E-state index is 0.386. The Morgan fingerprint density at radius 1 is 1.20 bits per heavy atom. The molecule has 1 heterocycles. The van der Waals surface area contributed by atoms with Gasteiger partial charge in [-0.3, -0.25) is 0 Å². The first kappa shape index (κ1) is 11.4. The predicted octanol–water partition coefficient (Wildman–Crippen LogP) is 1.45. The van der Waals surface area contributed by atoms with E-state index in [0.29, 0.717) is 6.10 Å². The maximum absolute atomic E-state index is 10.2. The van der Waals surface area contributed by atoms with Crippen molar-refractivity contribution in [2.45, 2.75) is 56.7 Å². The molecule has 2 fully saturated rings. The highest BCUT2D eigenvalue weighted by Gasteiger charge is 2.28. The van der Waals surface area contributed by atoms with Gasteiger partial charge in [0.2, 0.25) is 0 Å². The maximum Gasteiger partial charge on any atom is 0.0771 e. The second-order valence-corrected chi connectivity index (χ2v) is 5.05. The van der Waals surface area contributed by atoms with E-state index in [-0.39, 0.29) is 0 Å². The molecule has 0 amide bonds. The van der Waals surface area contributed by atoms with E-state index in [4.69, 9.17) is 4.74 Å². The van der Waals surface area contributed by atoms with Crippen LogP contribution in [0, 0.1) is 0 Å². The lowest BCUT2D eigenvalue weighted by atomic mass is 9.85. The molecule has 1 unspecified atom stereocenters. The van der Waals surface area contributed by atoms with Gasteiger partial charge < -0.3 is 15.2 Å². The molecule has 88 valence electrons. The lowest BCUT2D eigenvalue weighted by Crippen LogP contribution is -2.44. The highest BCUT2D eigenvalue weighted by Crippen LogP contribution is 2.27. The van der Waals surface area contributed by atoms with Crippen molar-refractivity contribution in [3.8, 4) is 0 Å². The third-order valence-electron chi connectivity index (χ3n) is 3.63. The molecule has 0 spiro atoms. The minimum atomic E-state index is -0.434. The fourth-order valence-electron chi connectivity index (χ4n) is 2.66. The fourth-order valence-corrected chi connectivity index (χ4v) is 2.66. The van der Waals surface area contributed by atoms with Crippen molar-refractivity contribution in [3.63, 3.8) is 0 Å². The van der Waals surface area contributed by atoms with Crippen molar-refractivity contribution in [2.75, 3.05) is 19.7 Å². The molecule has 1 saturated carbocycles. The SMILES string of the molecule is OC1(CNCC2CCCO2)CCCCC1. The van der Waals surface area contributed by atoms with E-state index < -0.39 is 5.60 Å². The van der Waals surface area contributed by atoms with Crippen LogP contribution in [0.5, 0.6) is 0 Å². The second kappa shape index (κ2) is 5.28. The van der Waals surface area contributed by atoms with Crippen LogP contribution in [-0.2, 0) is 4.74 Å². The molecule has 1 saturated heterocycles. The van der Waals surface area contributed by atoms with E-state index >= 15 is 0 Å². The Labute approximate surface area is 92.2 Å². The van der Waals surface area contributed by atoms with Gasteiger partial charge in [-0.05, 0) is 25.7 Å². The Kier molecular flexibility index (Phi) is 4.00. The lowest BCUT2D eigenvalue weighted by Gasteiger charge is -2.32. The summed E-state index contributed by atoms with van der Waals surface area (Å²) in [6, 6.07) is 0. The zero-order chi connectivity index (χ0) is 10.6. The smallest absolute Gasteiger partial charge is 0.0771 e. The van der Waals surface area contributed by atoms with E-state index in [1.54, 1.807) is 0 Å². The van der Waals surface area contributed by atoms with Gasteiger partial charge in [-0.2, -0.15) is 0 Å². The van der Waals surface area contributed by atoms with Crippen LogP contribution in [0.2, 0.25) is 0 Å². The quantitative estimate of drug-likeness (QED) is 0.742. The van der Waals surface area contributed by atoms with Crippen molar-refractivity contribution < 1.29 is 9.84 Å². The van der Waals surface area contributed by atoms with Crippen LogP contribution < -0.4 is 5.32 Å². The van der Waals surface area contributed by atoms with Crippen molar-refractivity contribution in [2.24, 2.45) is 0 Å². The normalized spacial score (nSPS) is 30.6. The summed E-state index contributed by atoms with van der Waals surface area (Å²) >= 11 is 0. The number of nitrogens with one attached hydrogen (secondary N) is 1. The first-order valence-electron chi connectivity index (χ1n) is 6.33. The topological polar surface area (TPSA) is 41.5 Å². The highest BCUT2D eigenvalue weighted by atomic mass is 16.5. The monoisotopic (exact) mass is 213 g/mol. The zero-order valence-electron chi connectivity index (χ0n) is 9.50. The number of aliphatic hydroxyl groups is 1. The molecule has 2 aliphatic rings. The predicted molar refractivity (Wildman–Crippen MR) is 59.9 cm³/mol. The minimum Gasteiger partial charge on any atom is -0.389 e. The average molecular weight is 213 g/mol. The Balaban J connectivity index is 1.63. The van der Waals surface area contributed by atoms with Crippen molar-refractivity contribution in [1.82, 2.24) is 5.32 Å². The Bertz CT molecular complexity index is 184. The molecule has 15 heavy (non-hydrogen) atoms. The van der Waals surface area contributed by atoms with E-state index in [1.165, 1.54) is 32.1 Å². The first-order valence-corrected chi connectivity index (χ1v) is 6.33. The molecule has 2 rings (SSSR count). The van der Waals surface area contributed by atoms with E-state index in [9.17, 15) is 5.11 Å². The molecule has 1 atom stereocenters. The van der Waals surface area contributed by atoms with E-state index in [0.717, 1.165) is 32.5 Å². The standard InChI is InChI=1S/C12H23NO2/c14-12(6-2-1-3-7-12)10-13-9-11-5-4-8-15-11/h11,13-14H,1-10H2. The van der Waals surface area contributed by atoms with Gasteiger partial charge in [0.15, 0.2) is 0 Å². The molecular weight excluding hydrogens is 190 g/mol. The molecule has 2 N–H and O–H groups in total. The Hall–Kier alpha value is -0.120. The van der Waals surface area contributed by atoms with Crippen LogP contribution in [0.25, 0.3) is 0 Å². The van der Waals surface area contributed by atoms with Gasteiger partial charge in [0, 0.05) is 19.7 Å². The zero-order valence-corrected chi connectivity index (χ0v) is 9.50. The van der Waals surface area contributed by atoms with Crippen LogP contribution in [0.3, 0.4) is 0 Å². The molecule has 0 bridgehead atoms. The largest absolute Gasteiger partial charge is 0.389 e.